The summed E-state index contributed by atoms with van der Waals surface area (Å²) in [6.07, 6.45) is 0.576. The normalized spacial score (nSPS) is 14.5. The lowest BCUT2D eigenvalue weighted by Gasteiger charge is -2.16. The molecule has 0 bridgehead atoms. The van der Waals surface area contributed by atoms with Gasteiger partial charge in [0.1, 0.15) is 0 Å². The minimum Gasteiger partial charge on any atom is -0.454 e. The van der Waals surface area contributed by atoms with Gasteiger partial charge >= 0.3 is 5.97 Å². The van der Waals surface area contributed by atoms with Crippen LogP contribution in [-0.2, 0) is 32.1 Å². The Balaban J connectivity index is 1.52. The molecule has 1 N–H and O–H groups in total. The Bertz CT molecular complexity index is 951. The molecule has 1 aromatic heterocycles. The second-order valence-corrected chi connectivity index (χ2v) is 8.33. The van der Waals surface area contributed by atoms with E-state index in [1.54, 1.807) is 36.1 Å². The van der Waals surface area contributed by atoms with Crippen molar-refractivity contribution >= 4 is 40.6 Å². The summed E-state index contributed by atoms with van der Waals surface area (Å²) < 4.78 is 5.31. The molecule has 1 atom stereocenters. The summed E-state index contributed by atoms with van der Waals surface area (Å²) in [7, 11) is 0. The highest BCUT2D eigenvalue weighted by Gasteiger charge is 2.23. The largest absolute Gasteiger partial charge is 0.454 e. The van der Waals surface area contributed by atoms with Crippen molar-refractivity contribution in [2.45, 2.75) is 45.8 Å². The predicted molar refractivity (Wildman–Crippen MR) is 113 cm³/mol. The molecule has 1 aromatic carbocycles. The van der Waals surface area contributed by atoms with Gasteiger partial charge in [-0.25, -0.2) is 0 Å². The Morgan fingerprint density at radius 3 is 2.53 bits per heavy atom. The summed E-state index contributed by atoms with van der Waals surface area (Å²) in [5.74, 6) is -0.789. The zero-order chi connectivity index (χ0) is 21.7. The maximum atomic E-state index is 12.5. The Morgan fingerprint density at radius 2 is 1.90 bits per heavy atom. The Kier molecular flexibility index (Phi) is 6.99. The zero-order valence-electron chi connectivity index (χ0n) is 17.0. The third-order valence-corrected chi connectivity index (χ3v) is 5.86. The van der Waals surface area contributed by atoms with Gasteiger partial charge in [-0.3, -0.25) is 19.2 Å². The lowest BCUT2D eigenvalue weighted by Crippen LogP contribution is -2.25. The predicted octanol–water partition coefficient (Wildman–Crippen LogP) is 2.87. The molecule has 2 aromatic rings. The highest BCUT2D eigenvalue weighted by molar-refractivity contribution is 7.14. The molecule has 1 aliphatic rings. The van der Waals surface area contributed by atoms with E-state index in [4.69, 9.17) is 4.74 Å². The van der Waals surface area contributed by atoms with Gasteiger partial charge in [0.15, 0.2) is 6.10 Å². The molecular formula is C22H24N2O5S. The number of ether oxygens (including phenoxy) is 1. The molecule has 7 nitrogen and oxygen atoms in total. The number of nitrogens with one attached hydrogen (secondary N) is 1. The van der Waals surface area contributed by atoms with Gasteiger partial charge in [-0.15, -0.1) is 11.3 Å². The quantitative estimate of drug-likeness (QED) is 0.516. The number of anilines is 1. The first-order valence-corrected chi connectivity index (χ1v) is 10.6. The molecule has 1 unspecified atom stereocenters. The fourth-order valence-electron chi connectivity index (χ4n) is 3.19. The number of ketones is 1. The number of esters is 1. The summed E-state index contributed by atoms with van der Waals surface area (Å²) in [6, 6.07) is 10.7. The topological polar surface area (TPSA) is 92.8 Å². The lowest BCUT2D eigenvalue weighted by atomic mass is 10.1. The van der Waals surface area contributed by atoms with E-state index in [0.717, 1.165) is 29.1 Å². The van der Waals surface area contributed by atoms with Gasteiger partial charge in [-0.1, -0.05) is 12.1 Å². The van der Waals surface area contributed by atoms with E-state index in [1.807, 2.05) is 12.1 Å². The number of amides is 2. The minimum absolute atomic E-state index is 0.0457. The molecule has 30 heavy (non-hydrogen) atoms. The van der Waals surface area contributed by atoms with Crippen LogP contribution in [0.15, 0.2) is 36.4 Å². The molecule has 2 heterocycles. The average molecular weight is 429 g/mol. The molecule has 2 amide bonds. The first-order chi connectivity index (χ1) is 14.3. The fraction of sp³-hybridized carbons (Fsp3) is 0.364. The average Bonchev–Trinajstić information content (AvgIpc) is 3.35. The molecular weight excluding hydrogens is 404 g/mol. The molecule has 0 spiro atoms. The minimum atomic E-state index is -0.897. The number of benzene rings is 1. The summed E-state index contributed by atoms with van der Waals surface area (Å²) in [4.78, 5) is 50.6. The molecule has 8 heteroatoms. The van der Waals surface area contributed by atoms with Gasteiger partial charge in [-0.2, -0.15) is 0 Å². The van der Waals surface area contributed by atoms with Crippen molar-refractivity contribution in [2.24, 2.45) is 0 Å². The van der Waals surface area contributed by atoms with Crippen LogP contribution in [0.2, 0.25) is 0 Å². The number of nitrogens with zero attached hydrogens (tertiary/aromatic N) is 1. The van der Waals surface area contributed by atoms with Crippen LogP contribution < -0.4 is 10.2 Å². The van der Waals surface area contributed by atoms with Crippen LogP contribution >= 0.6 is 11.3 Å². The maximum Gasteiger partial charge on any atom is 0.310 e. The van der Waals surface area contributed by atoms with E-state index in [9.17, 15) is 19.2 Å². The van der Waals surface area contributed by atoms with Crippen LogP contribution in [0.4, 0.5) is 5.69 Å². The van der Waals surface area contributed by atoms with E-state index in [2.05, 4.69) is 5.32 Å². The van der Waals surface area contributed by atoms with Crippen LogP contribution in [0.5, 0.6) is 0 Å². The van der Waals surface area contributed by atoms with E-state index in [-0.39, 0.29) is 24.0 Å². The number of Topliss-reactive ketones (excluding diaryl/α,β-unsaturated/α-hetero) is 1. The highest BCUT2D eigenvalue weighted by Crippen LogP contribution is 2.22. The first-order valence-electron chi connectivity index (χ1n) is 9.79. The molecule has 0 aliphatic carbocycles. The van der Waals surface area contributed by atoms with Crippen LogP contribution in [0.1, 0.15) is 46.8 Å². The van der Waals surface area contributed by atoms with Crippen LogP contribution in [0, 0.1) is 0 Å². The van der Waals surface area contributed by atoms with Gasteiger partial charge in [-0.05, 0) is 43.2 Å². The van der Waals surface area contributed by atoms with Crippen molar-refractivity contribution in [1.82, 2.24) is 5.32 Å². The molecule has 0 radical (unpaired) electrons. The Morgan fingerprint density at radius 1 is 1.17 bits per heavy atom. The van der Waals surface area contributed by atoms with Gasteiger partial charge in [0.25, 0.3) is 0 Å². The molecule has 158 valence electrons. The summed E-state index contributed by atoms with van der Waals surface area (Å²) in [5, 5.41) is 2.68. The lowest BCUT2D eigenvalue weighted by molar-refractivity contribution is -0.145. The van der Waals surface area contributed by atoms with Crippen molar-refractivity contribution in [3.05, 3.63) is 51.7 Å². The second-order valence-electron chi connectivity index (χ2n) is 7.16. The summed E-state index contributed by atoms with van der Waals surface area (Å²) in [6.45, 7) is 4.06. The molecule has 3 rings (SSSR count). The standard InChI is InChI=1S/C22H24N2O5S/c1-14(22(28)19-10-9-18(30-19)13-23-15(2)25)29-21(27)12-16-5-7-17(8-6-16)24-11-3-4-20(24)26/h5-10,14H,3-4,11-13H2,1-2H3,(H,23,25). The first kappa shape index (κ1) is 21.7. The zero-order valence-corrected chi connectivity index (χ0v) is 17.8. The number of rotatable bonds is 8. The van der Waals surface area contributed by atoms with E-state index < -0.39 is 12.1 Å². The van der Waals surface area contributed by atoms with Gasteiger partial charge in [0.05, 0.1) is 17.8 Å². The van der Waals surface area contributed by atoms with E-state index in [0.29, 0.717) is 17.8 Å². The third kappa shape index (κ3) is 5.54. The molecule has 0 saturated carbocycles. The SMILES string of the molecule is CC(=O)NCc1ccc(C(=O)C(C)OC(=O)Cc2ccc(N3CCCC3=O)cc2)s1. The molecule has 1 fully saturated rings. The van der Waals surface area contributed by atoms with Crippen LogP contribution in [0.3, 0.4) is 0 Å². The fourth-order valence-corrected chi connectivity index (χ4v) is 4.16. The van der Waals surface area contributed by atoms with Crippen molar-refractivity contribution in [1.29, 1.82) is 0 Å². The van der Waals surface area contributed by atoms with Crippen molar-refractivity contribution < 1.29 is 23.9 Å². The van der Waals surface area contributed by atoms with Crippen molar-refractivity contribution in [3.63, 3.8) is 0 Å². The number of hydrogen-bond acceptors (Lipinski definition) is 6. The number of hydrogen-bond donors (Lipinski definition) is 1. The smallest absolute Gasteiger partial charge is 0.310 e. The molecule has 1 saturated heterocycles. The van der Waals surface area contributed by atoms with Gasteiger partial charge in [0, 0.05) is 30.5 Å². The van der Waals surface area contributed by atoms with E-state index >= 15 is 0 Å². The Hall–Kier alpha value is -3.00. The monoisotopic (exact) mass is 428 g/mol. The number of carbonyl (C=O) groups is 4. The highest BCUT2D eigenvalue weighted by atomic mass is 32.1. The van der Waals surface area contributed by atoms with E-state index in [1.165, 1.54) is 18.3 Å². The third-order valence-electron chi connectivity index (χ3n) is 4.76. The van der Waals surface area contributed by atoms with Gasteiger partial charge < -0.3 is 15.0 Å². The Labute approximate surface area is 179 Å². The van der Waals surface area contributed by atoms with Crippen LogP contribution in [0.25, 0.3) is 0 Å². The van der Waals surface area contributed by atoms with Crippen molar-refractivity contribution in [2.75, 3.05) is 11.4 Å². The second kappa shape index (κ2) is 9.67. The van der Waals surface area contributed by atoms with Crippen LogP contribution in [-0.4, -0.2) is 36.2 Å². The summed E-state index contributed by atoms with van der Waals surface area (Å²) in [5.41, 5.74) is 1.58. The summed E-state index contributed by atoms with van der Waals surface area (Å²) >= 11 is 1.27. The molecule has 1 aliphatic heterocycles. The van der Waals surface area contributed by atoms with Gasteiger partial charge in [0.2, 0.25) is 17.6 Å². The maximum absolute atomic E-state index is 12.5. The van der Waals surface area contributed by atoms with Crippen molar-refractivity contribution in [3.8, 4) is 0 Å². The number of carbonyl (C=O) groups excluding carboxylic acids is 4. The number of thiophene rings is 1.